The Bertz CT molecular complexity index is 1380. The van der Waals surface area contributed by atoms with Gasteiger partial charge in [0.1, 0.15) is 0 Å². The lowest BCUT2D eigenvalue weighted by Crippen LogP contribution is -2.16. The molecule has 4 rings (SSSR count). The van der Waals surface area contributed by atoms with Crippen molar-refractivity contribution in [1.82, 2.24) is 14.9 Å². The minimum Gasteiger partial charge on any atom is -0.383 e. The molecular weight excluding hydrogens is 448 g/mol. The van der Waals surface area contributed by atoms with Crippen LogP contribution in [0.5, 0.6) is 0 Å². The minimum atomic E-state index is -0.146. The molecule has 3 aromatic carbocycles. The molecule has 0 unspecified atom stereocenters. The molecule has 7 heteroatoms. The van der Waals surface area contributed by atoms with Crippen LogP contribution < -0.4 is 16.4 Å². The van der Waals surface area contributed by atoms with E-state index in [0.29, 0.717) is 5.56 Å². The number of aromatic nitrogens is 2. The van der Waals surface area contributed by atoms with Gasteiger partial charge in [-0.15, -0.1) is 0 Å². The van der Waals surface area contributed by atoms with Crippen LogP contribution in [0.1, 0.15) is 34.3 Å². The van der Waals surface area contributed by atoms with Crippen molar-refractivity contribution in [3.05, 3.63) is 77.5 Å². The predicted molar refractivity (Wildman–Crippen MR) is 150 cm³/mol. The Balaban J connectivity index is 1.53. The van der Waals surface area contributed by atoms with Crippen molar-refractivity contribution in [3.8, 4) is 11.1 Å². The number of carbonyl (C=O) groups is 1. The number of hydrogen-bond acceptors (Lipinski definition) is 6. The van der Waals surface area contributed by atoms with Crippen molar-refractivity contribution in [2.45, 2.75) is 26.7 Å². The maximum Gasteiger partial charge on any atom is 0.255 e. The van der Waals surface area contributed by atoms with Gasteiger partial charge in [0, 0.05) is 23.7 Å². The van der Waals surface area contributed by atoms with E-state index < -0.39 is 0 Å². The first-order valence-electron chi connectivity index (χ1n) is 12.2. The summed E-state index contributed by atoms with van der Waals surface area (Å²) in [4.78, 5) is 23.8. The lowest BCUT2D eigenvalue weighted by atomic mass is 9.97. The third-order valence-electron chi connectivity index (χ3n) is 6.18. The van der Waals surface area contributed by atoms with Gasteiger partial charge in [-0.25, -0.2) is 9.97 Å². The van der Waals surface area contributed by atoms with Crippen LogP contribution in [0.3, 0.4) is 0 Å². The van der Waals surface area contributed by atoms with E-state index in [-0.39, 0.29) is 11.9 Å². The molecule has 0 radical (unpaired) electrons. The van der Waals surface area contributed by atoms with Gasteiger partial charge in [0.25, 0.3) is 5.91 Å². The molecule has 186 valence electrons. The maximum atomic E-state index is 13.3. The standard InChI is InChI=1S/C29H34N6O/c1-19-7-11-26(27(15-19)31-13-5-6-14-35(3)4)33-28(36)22-9-8-20(2)24(17-22)21-10-12-25-23(16-21)18-32-29(30)34-25/h7-12,15-18,31H,5-6,13-14H2,1-4H3,(H,33,36)(H2,30,32,34). The highest BCUT2D eigenvalue weighted by molar-refractivity contribution is 6.06. The predicted octanol–water partition coefficient (Wildman–Crippen LogP) is 5.50. The smallest absolute Gasteiger partial charge is 0.255 e. The maximum absolute atomic E-state index is 13.3. The zero-order valence-electron chi connectivity index (χ0n) is 21.4. The molecule has 4 N–H and O–H groups in total. The van der Waals surface area contributed by atoms with E-state index in [4.69, 9.17) is 5.73 Å². The van der Waals surface area contributed by atoms with Crippen molar-refractivity contribution >= 4 is 34.1 Å². The monoisotopic (exact) mass is 482 g/mol. The van der Waals surface area contributed by atoms with Crippen molar-refractivity contribution in [2.24, 2.45) is 0 Å². The molecule has 1 aromatic heterocycles. The molecule has 0 spiro atoms. The summed E-state index contributed by atoms with van der Waals surface area (Å²) in [6.07, 6.45) is 3.90. The number of rotatable bonds is 9. The Morgan fingerprint density at radius 3 is 2.61 bits per heavy atom. The number of nitrogens with one attached hydrogen (secondary N) is 2. The van der Waals surface area contributed by atoms with Gasteiger partial charge in [-0.2, -0.15) is 0 Å². The number of nitrogens with zero attached hydrogens (tertiary/aromatic N) is 3. The molecule has 0 aliphatic heterocycles. The number of nitrogens with two attached hydrogens (primary N) is 1. The highest BCUT2D eigenvalue weighted by Crippen LogP contribution is 2.29. The Morgan fingerprint density at radius 2 is 1.81 bits per heavy atom. The van der Waals surface area contributed by atoms with E-state index in [1.807, 2.05) is 55.5 Å². The molecule has 7 nitrogen and oxygen atoms in total. The van der Waals surface area contributed by atoms with Crippen molar-refractivity contribution in [3.63, 3.8) is 0 Å². The van der Waals surface area contributed by atoms with Crippen LogP contribution in [-0.4, -0.2) is 48.0 Å². The van der Waals surface area contributed by atoms with Crippen LogP contribution in [0.25, 0.3) is 22.0 Å². The van der Waals surface area contributed by atoms with Crippen molar-refractivity contribution in [2.75, 3.05) is 43.6 Å². The third-order valence-corrected chi connectivity index (χ3v) is 6.18. The second kappa shape index (κ2) is 11.2. The van der Waals surface area contributed by atoms with Crippen LogP contribution >= 0.6 is 0 Å². The fraction of sp³-hybridized carbons (Fsp3) is 0.276. The topological polar surface area (TPSA) is 96.2 Å². The van der Waals surface area contributed by atoms with Crippen LogP contribution in [0.15, 0.2) is 60.8 Å². The molecular formula is C29H34N6O. The van der Waals surface area contributed by atoms with Gasteiger partial charge in [-0.05, 0) is 106 Å². The fourth-order valence-corrected chi connectivity index (χ4v) is 4.17. The normalized spacial score (nSPS) is 11.1. The zero-order valence-corrected chi connectivity index (χ0v) is 21.4. The second-order valence-corrected chi connectivity index (χ2v) is 9.47. The first kappa shape index (κ1) is 25.1. The average molecular weight is 483 g/mol. The fourth-order valence-electron chi connectivity index (χ4n) is 4.17. The summed E-state index contributed by atoms with van der Waals surface area (Å²) >= 11 is 0. The first-order valence-corrected chi connectivity index (χ1v) is 12.2. The number of hydrogen-bond donors (Lipinski definition) is 3. The average Bonchev–Trinajstić information content (AvgIpc) is 2.85. The van der Waals surface area contributed by atoms with Gasteiger partial charge < -0.3 is 21.3 Å². The van der Waals surface area contributed by atoms with Crippen LogP contribution in [0.2, 0.25) is 0 Å². The van der Waals surface area contributed by atoms with Crippen LogP contribution in [-0.2, 0) is 0 Å². The number of fused-ring (bicyclic) bond motifs is 1. The van der Waals surface area contributed by atoms with Gasteiger partial charge >= 0.3 is 0 Å². The molecule has 4 aromatic rings. The van der Waals surface area contributed by atoms with Crippen molar-refractivity contribution in [1.29, 1.82) is 0 Å². The van der Waals surface area contributed by atoms with E-state index in [0.717, 1.165) is 70.5 Å². The number of nitrogen functional groups attached to an aromatic ring is 1. The number of amides is 1. The van der Waals surface area contributed by atoms with Gasteiger partial charge in [-0.1, -0.05) is 18.2 Å². The lowest BCUT2D eigenvalue weighted by Gasteiger charge is -2.15. The quantitative estimate of drug-likeness (QED) is 0.273. The molecule has 0 atom stereocenters. The Hall–Kier alpha value is -3.97. The number of aryl methyl sites for hydroxylation is 2. The van der Waals surface area contributed by atoms with Gasteiger partial charge in [0.05, 0.1) is 16.9 Å². The Labute approximate surface area is 212 Å². The molecule has 0 fully saturated rings. The number of unbranched alkanes of at least 4 members (excludes halogenated alkanes) is 1. The summed E-state index contributed by atoms with van der Waals surface area (Å²) in [5.74, 6) is 0.108. The van der Waals surface area contributed by atoms with E-state index in [1.54, 1.807) is 6.20 Å². The van der Waals surface area contributed by atoms with E-state index in [1.165, 1.54) is 0 Å². The molecule has 0 bridgehead atoms. The number of benzene rings is 3. The highest BCUT2D eigenvalue weighted by Gasteiger charge is 2.13. The molecule has 1 heterocycles. The van der Waals surface area contributed by atoms with E-state index >= 15 is 0 Å². The summed E-state index contributed by atoms with van der Waals surface area (Å²) in [5, 5.41) is 7.50. The van der Waals surface area contributed by atoms with Crippen molar-refractivity contribution < 1.29 is 4.79 Å². The van der Waals surface area contributed by atoms with Crippen LogP contribution in [0.4, 0.5) is 17.3 Å². The summed E-state index contributed by atoms with van der Waals surface area (Å²) in [5.41, 5.74) is 13.0. The first-order chi connectivity index (χ1) is 17.3. The summed E-state index contributed by atoms with van der Waals surface area (Å²) < 4.78 is 0. The second-order valence-electron chi connectivity index (χ2n) is 9.47. The Morgan fingerprint density at radius 1 is 0.972 bits per heavy atom. The van der Waals surface area contributed by atoms with Gasteiger partial charge in [0.2, 0.25) is 5.95 Å². The molecule has 36 heavy (non-hydrogen) atoms. The van der Waals surface area contributed by atoms with Gasteiger partial charge in [0.15, 0.2) is 0 Å². The largest absolute Gasteiger partial charge is 0.383 e. The number of anilines is 3. The molecule has 0 saturated carbocycles. The highest BCUT2D eigenvalue weighted by atomic mass is 16.1. The SMILES string of the molecule is Cc1ccc(NC(=O)c2ccc(C)c(-c3ccc4nc(N)ncc4c3)c2)c(NCCCCN(C)C)c1. The lowest BCUT2D eigenvalue weighted by molar-refractivity contribution is 0.102. The summed E-state index contributed by atoms with van der Waals surface area (Å²) in [6, 6.07) is 17.8. The molecule has 0 aliphatic rings. The van der Waals surface area contributed by atoms with Crippen LogP contribution in [0, 0.1) is 13.8 Å². The molecule has 0 aliphatic carbocycles. The van der Waals surface area contributed by atoms with E-state index in [2.05, 4.69) is 52.6 Å². The molecule has 0 saturated heterocycles. The summed E-state index contributed by atoms with van der Waals surface area (Å²) in [7, 11) is 4.17. The minimum absolute atomic E-state index is 0.146. The van der Waals surface area contributed by atoms with E-state index in [9.17, 15) is 4.79 Å². The third kappa shape index (κ3) is 6.17. The molecule has 1 amide bonds. The Kier molecular flexibility index (Phi) is 7.80. The van der Waals surface area contributed by atoms with Gasteiger partial charge in [-0.3, -0.25) is 4.79 Å². The summed E-state index contributed by atoms with van der Waals surface area (Å²) in [6.45, 7) is 6.01. The number of carbonyl (C=O) groups excluding carboxylic acids is 1. The zero-order chi connectivity index (χ0) is 25.7.